The zero-order valence-corrected chi connectivity index (χ0v) is 9.27. The topological polar surface area (TPSA) is 81.2 Å². The molecular formula is C9H9N3O3S. The third kappa shape index (κ3) is 2.25. The van der Waals surface area contributed by atoms with Gasteiger partial charge in [0.25, 0.3) is 0 Å². The zero-order valence-electron chi connectivity index (χ0n) is 8.45. The van der Waals surface area contributed by atoms with Crippen LogP contribution >= 0.6 is 11.8 Å². The maximum absolute atomic E-state index is 11.1. The van der Waals surface area contributed by atoms with Crippen molar-refractivity contribution in [2.24, 2.45) is 7.05 Å². The van der Waals surface area contributed by atoms with Crippen molar-refractivity contribution < 1.29 is 9.52 Å². The van der Waals surface area contributed by atoms with Gasteiger partial charge in [0.1, 0.15) is 18.4 Å². The zero-order chi connectivity index (χ0) is 11.5. The average Bonchev–Trinajstić information content (AvgIpc) is 2.66. The lowest BCUT2D eigenvalue weighted by Gasteiger charge is -1.99. The van der Waals surface area contributed by atoms with E-state index >= 15 is 0 Å². The van der Waals surface area contributed by atoms with Gasteiger partial charge in [-0.15, -0.1) is 10.2 Å². The lowest BCUT2D eigenvalue weighted by Crippen LogP contribution is -1.99. The third-order valence-corrected chi connectivity index (χ3v) is 2.94. The van der Waals surface area contributed by atoms with Crippen molar-refractivity contribution in [3.63, 3.8) is 0 Å². The summed E-state index contributed by atoms with van der Waals surface area (Å²) in [5.41, 5.74) is -0.445. The molecule has 0 spiro atoms. The molecule has 16 heavy (non-hydrogen) atoms. The van der Waals surface area contributed by atoms with Gasteiger partial charge >= 0.3 is 0 Å². The van der Waals surface area contributed by atoms with E-state index in [0.29, 0.717) is 11.5 Å². The first-order chi connectivity index (χ1) is 7.66. The molecule has 0 unspecified atom stereocenters. The lowest BCUT2D eigenvalue weighted by atomic mass is 10.4. The predicted octanol–water partition coefficient (Wildman–Crippen LogP) is 0.766. The molecule has 2 aromatic rings. The molecule has 0 aromatic carbocycles. The molecule has 0 aliphatic carbocycles. The van der Waals surface area contributed by atoms with E-state index in [2.05, 4.69) is 10.2 Å². The SMILES string of the molecule is Cn1cnnc1SCc1cc(=O)c(O)co1. The predicted molar refractivity (Wildman–Crippen MR) is 57.2 cm³/mol. The monoisotopic (exact) mass is 239 g/mol. The van der Waals surface area contributed by atoms with Crippen LogP contribution in [0, 0.1) is 0 Å². The van der Waals surface area contributed by atoms with Crippen LogP contribution in [0.3, 0.4) is 0 Å². The van der Waals surface area contributed by atoms with E-state index in [1.165, 1.54) is 17.8 Å². The van der Waals surface area contributed by atoms with E-state index < -0.39 is 5.43 Å². The van der Waals surface area contributed by atoms with Crippen LogP contribution in [-0.2, 0) is 12.8 Å². The molecule has 6 nitrogen and oxygen atoms in total. The Morgan fingerprint density at radius 2 is 2.44 bits per heavy atom. The van der Waals surface area contributed by atoms with E-state index in [-0.39, 0.29) is 5.75 Å². The summed E-state index contributed by atoms with van der Waals surface area (Å²) >= 11 is 1.40. The molecule has 0 saturated carbocycles. The van der Waals surface area contributed by atoms with Gasteiger partial charge in [0, 0.05) is 13.1 Å². The van der Waals surface area contributed by atoms with Gasteiger partial charge in [0.05, 0.1) is 5.75 Å². The molecule has 84 valence electrons. The summed E-state index contributed by atoms with van der Waals surface area (Å²) in [5.74, 6) is 0.561. The molecular weight excluding hydrogens is 230 g/mol. The summed E-state index contributed by atoms with van der Waals surface area (Å²) in [5, 5.41) is 17.3. The van der Waals surface area contributed by atoms with Gasteiger partial charge in [-0.3, -0.25) is 4.79 Å². The van der Waals surface area contributed by atoms with Crippen LogP contribution in [0.1, 0.15) is 5.76 Å². The molecule has 2 heterocycles. The molecule has 0 amide bonds. The molecule has 1 N–H and O–H groups in total. The van der Waals surface area contributed by atoms with Gasteiger partial charge in [-0.2, -0.15) is 0 Å². The molecule has 0 aliphatic heterocycles. The Balaban J connectivity index is 2.08. The van der Waals surface area contributed by atoms with E-state index in [1.807, 2.05) is 7.05 Å². The highest BCUT2D eigenvalue weighted by atomic mass is 32.2. The molecule has 2 aromatic heterocycles. The Kier molecular flexibility index (Phi) is 2.95. The van der Waals surface area contributed by atoms with E-state index in [1.54, 1.807) is 10.9 Å². The standard InChI is InChI=1S/C9H9N3O3S/c1-12-5-10-11-9(12)16-4-6-2-7(13)8(14)3-15-6/h2-3,5,14H,4H2,1H3. The summed E-state index contributed by atoms with van der Waals surface area (Å²) in [6, 6.07) is 1.26. The minimum Gasteiger partial charge on any atom is -0.502 e. The summed E-state index contributed by atoms with van der Waals surface area (Å²) in [7, 11) is 1.83. The fourth-order valence-electron chi connectivity index (χ4n) is 1.06. The van der Waals surface area contributed by atoms with Gasteiger partial charge in [-0.1, -0.05) is 11.8 Å². The highest BCUT2D eigenvalue weighted by Crippen LogP contribution is 2.19. The van der Waals surface area contributed by atoms with Crippen LogP contribution < -0.4 is 5.43 Å². The van der Waals surface area contributed by atoms with Gasteiger partial charge < -0.3 is 14.1 Å². The first kappa shape index (κ1) is 10.7. The minimum atomic E-state index is -0.445. The second-order valence-corrected chi connectivity index (χ2v) is 4.05. The molecule has 0 bridgehead atoms. The Labute approximate surface area is 94.9 Å². The second kappa shape index (κ2) is 4.40. The van der Waals surface area contributed by atoms with E-state index in [9.17, 15) is 4.79 Å². The fraction of sp³-hybridized carbons (Fsp3) is 0.222. The van der Waals surface area contributed by atoms with Crippen LogP contribution in [0.4, 0.5) is 0 Å². The molecule has 0 fully saturated rings. The van der Waals surface area contributed by atoms with Gasteiger partial charge in [0.2, 0.25) is 5.43 Å². The molecule has 7 heteroatoms. The van der Waals surface area contributed by atoms with Crippen molar-refractivity contribution in [2.75, 3.05) is 0 Å². The number of hydrogen-bond acceptors (Lipinski definition) is 6. The Morgan fingerprint density at radius 3 is 3.06 bits per heavy atom. The molecule has 0 atom stereocenters. The van der Waals surface area contributed by atoms with Crippen molar-refractivity contribution in [3.05, 3.63) is 34.6 Å². The normalized spacial score (nSPS) is 10.6. The third-order valence-electron chi connectivity index (χ3n) is 1.88. The largest absolute Gasteiger partial charge is 0.502 e. The summed E-state index contributed by atoms with van der Waals surface area (Å²) < 4.78 is 6.82. The Hall–Kier alpha value is -1.76. The molecule has 0 radical (unpaired) electrons. The summed E-state index contributed by atoms with van der Waals surface area (Å²) in [4.78, 5) is 11.1. The summed E-state index contributed by atoms with van der Waals surface area (Å²) in [6.07, 6.45) is 2.63. The van der Waals surface area contributed by atoms with E-state index in [4.69, 9.17) is 9.52 Å². The van der Waals surface area contributed by atoms with Crippen LogP contribution in [0.5, 0.6) is 5.75 Å². The van der Waals surface area contributed by atoms with Gasteiger partial charge in [-0.05, 0) is 0 Å². The fourth-order valence-corrected chi connectivity index (χ4v) is 1.84. The molecule has 2 rings (SSSR count). The van der Waals surface area contributed by atoms with Crippen LogP contribution in [0.25, 0.3) is 0 Å². The Morgan fingerprint density at radius 1 is 1.62 bits per heavy atom. The van der Waals surface area contributed by atoms with Crippen molar-refractivity contribution >= 4 is 11.8 Å². The number of aryl methyl sites for hydroxylation is 1. The number of thioether (sulfide) groups is 1. The first-order valence-electron chi connectivity index (χ1n) is 4.44. The quantitative estimate of drug-likeness (QED) is 0.796. The van der Waals surface area contributed by atoms with Gasteiger partial charge in [-0.25, -0.2) is 0 Å². The second-order valence-electron chi connectivity index (χ2n) is 3.11. The van der Waals surface area contributed by atoms with Crippen molar-refractivity contribution in [3.8, 4) is 5.75 Å². The van der Waals surface area contributed by atoms with Crippen LogP contribution in [0.2, 0.25) is 0 Å². The number of rotatable bonds is 3. The van der Waals surface area contributed by atoms with Crippen LogP contribution in [0.15, 0.2) is 33.0 Å². The highest BCUT2D eigenvalue weighted by molar-refractivity contribution is 7.98. The molecule has 0 saturated heterocycles. The van der Waals surface area contributed by atoms with Crippen molar-refractivity contribution in [2.45, 2.75) is 10.9 Å². The Bertz CT molecular complexity index is 549. The molecule has 0 aliphatic rings. The summed E-state index contributed by atoms with van der Waals surface area (Å²) in [6.45, 7) is 0. The van der Waals surface area contributed by atoms with Gasteiger partial charge in [0.15, 0.2) is 10.9 Å². The van der Waals surface area contributed by atoms with Crippen LogP contribution in [-0.4, -0.2) is 19.9 Å². The highest BCUT2D eigenvalue weighted by Gasteiger charge is 2.05. The number of nitrogens with zero attached hydrogens (tertiary/aromatic N) is 3. The smallest absolute Gasteiger partial charge is 0.226 e. The maximum Gasteiger partial charge on any atom is 0.226 e. The average molecular weight is 239 g/mol. The van der Waals surface area contributed by atoms with Crippen molar-refractivity contribution in [1.82, 2.24) is 14.8 Å². The minimum absolute atomic E-state index is 0.382. The number of aromatic nitrogens is 3. The maximum atomic E-state index is 11.1. The van der Waals surface area contributed by atoms with E-state index in [0.717, 1.165) is 11.4 Å². The lowest BCUT2D eigenvalue weighted by molar-refractivity contribution is 0.419. The number of hydrogen-bond donors (Lipinski definition) is 1. The first-order valence-corrected chi connectivity index (χ1v) is 5.43. The van der Waals surface area contributed by atoms with Crippen molar-refractivity contribution in [1.29, 1.82) is 0 Å². The number of aromatic hydroxyl groups is 1.